The van der Waals surface area contributed by atoms with Crippen LogP contribution in [0.1, 0.15) is 32.8 Å². The van der Waals surface area contributed by atoms with Gasteiger partial charge in [0.2, 0.25) is 0 Å². The standard InChI is InChI=1S/C11H16F2N2/c1-4-11(2,3)15-5-8-9(12)6-14-7-10(8)13/h6-7,15H,4-5H2,1-3H3. The van der Waals surface area contributed by atoms with E-state index < -0.39 is 11.6 Å². The molecule has 1 rings (SSSR count). The maximum Gasteiger partial charge on any atom is 0.148 e. The second-order valence-electron chi connectivity index (χ2n) is 4.17. The van der Waals surface area contributed by atoms with Crippen molar-refractivity contribution < 1.29 is 8.78 Å². The van der Waals surface area contributed by atoms with Gasteiger partial charge in [0, 0.05) is 17.6 Å². The SMILES string of the molecule is CCC(C)(C)NCc1c(F)cncc1F. The summed E-state index contributed by atoms with van der Waals surface area (Å²) < 4.78 is 26.4. The Bertz CT molecular complexity index is 317. The van der Waals surface area contributed by atoms with Gasteiger partial charge in [0.05, 0.1) is 12.4 Å². The Balaban J connectivity index is 2.73. The molecule has 1 aromatic rings. The molecule has 0 aliphatic rings. The molecule has 84 valence electrons. The summed E-state index contributed by atoms with van der Waals surface area (Å²) >= 11 is 0. The van der Waals surface area contributed by atoms with Crippen LogP contribution in [-0.4, -0.2) is 10.5 Å². The molecular formula is C11H16F2N2. The predicted octanol–water partition coefficient (Wildman–Crippen LogP) is 2.64. The highest BCUT2D eigenvalue weighted by molar-refractivity contribution is 5.15. The van der Waals surface area contributed by atoms with Crippen LogP contribution in [0.2, 0.25) is 0 Å². The Morgan fingerprint density at radius 3 is 2.27 bits per heavy atom. The molecular weight excluding hydrogens is 198 g/mol. The maximum absolute atomic E-state index is 13.2. The zero-order chi connectivity index (χ0) is 11.5. The third-order valence-corrected chi connectivity index (χ3v) is 2.58. The molecule has 0 bridgehead atoms. The van der Waals surface area contributed by atoms with E-state index in [9.17, 15) is 8.78 Å². The normalized spacial score (nSPS) is 11.8. The summed E-state index contributed by atoms with van der Waals surface area (Å²) in [5, 5.41) is 3.10. The van der Waals surface area contributed by atoms with E-state index in [1.807, 2.05) is 20.8 Å². The van der Waals surface area contributed by atoms with E-state index in [1.165, 1.54) is 0 Å². The second-order valence-corrected chi connectivity index (χ2v) is 4.17. The maximum atomic E-state index is 13.2. The van der Waals surface area contributed by atoms with E-state index in [1.54, 1.807) is 0 Å². The number of halogens is 2. The molecule has 0 atom stereocenters. The van der Waals surface area contributed by atoms with Crippen LogP contribution in [-0.2, 0) is 6.54 Å². The monoisotopic (exact) mass is 214 g/mol. The highest BCUT2D eigenvalue weighted by Crippen LogP contribution is 2.13. The molecule has 0 amide bonds. The smallest absolute Gasteiger partial charge is 0.148 e. The molecule has 0 fully saturated rings. The average Bonchev–Trinajstić information content (AvgIpc) is 2.17. The Kier molecular flexibility index (Phi) is 3.74. The minimum atomic E-state index is -0.602. The minimum absolute atomic E-state index is 0.0477. The molecule has 1 heterocycles. The highest BCUT2D eigenvalue weighted by atomic mass is 19.1. The number of nitrogens with one attached hydrogen (secondary N) is 1. The third-order valence-electron chi connectivity index (χ3n) is 2.58. The Morgan fingerprint density at radius 2 is 1.80 bits per heavy atom. The zero-order valence-electron chi connectivity index (χ0n) is 9.27. The largest absolute Gasteiger partial charge is 0.308 e. The second kappa shape index (κ2) is 4.66. The zero-order valence-corrected chi connectivity index (χ0v) is 9.27. The summed E-state index contributed by atoms with van der Waals surface area (Å²) in [6.07, 6.45) is 2.94. The number of rotatable bonds is 4. The van der Waals surface area contributed by atoms with Gasteiger partial charge in [-0.15, -0.1) is 0 Å². The molecule has 0 spiro atoms. The van der Waals surface area contributed by atoms with Gasteiger partial charge in [0.25, 0.3) is 0 Å². The van der Waals surface area contributed by atoms with Crippen LogP contribution < -0.4 is 5.32 Å². The minimum Gasteiger partial charge on any atom is -0.308 e. The average molecular weight is 214 g/mol. The van der Waals surface area contributed by atoms with Crippen molar-refractivity contribution >= 4 is 0 Å². The lowest BCUT2D eigenvalue weighted by Crippen LogP contribution is -2.38. The van der Waals surface area contributed by atoms with Crippen LogP contribution in [0.25, 0.3) is 0 Å². The van der Waals surface area contributed by atoms with E-state index in [2.05, 4.69) is 10.3 Å². The lowest BCUT2D eigenvalue weighted by Gasteiger charge is -2.24. The van der Waals surface area contributed by atoms with Crippen molar-refractivity contribution in [1.82, 2.24) is 10.3 Å². The number of nitrogens with zero attached hydrogens (tertiary/aromatic N) is 1. The van der Waals surface area contributed by atoms with E-state index in [0.717, 1.165) is 18.8 Å². The third kappa shape index (κ3) is 3.23. The van der Waals surface area contributed by atoms with Crippen molar-refractivity contribution in [3.63, 3.8) is 0 Å². The number of pyridine rings is 1. The summed E-state index contributed by atoms with van der Waals surface area (Å²) in [6, 6.07) is 0. The van der Waals surface area contributed by atoms with Gasteiger partial charge in [-0.05, 0) is 20.3 Å². The van der Waals surface area contributed by atoms with E-state index in [-0.39, 0.29) is 17.6 Å². The molecule has 0 saturated carbocycles. The molecule has 15 heavy (non-hydrogen) atoms. The fraction of sp³-hybridized carbons (Fsp3) is 0.545. The fourth-order valence-corrected chi connectivity index (χ4v) is 1.06. The summed E-state index contributed by atoms with van der Waals surface area (Å²) in [4.78, 5) is 3.43. The summed E-state index contributed by atoms with van der Waals surface area (Å²) in [5.41, 5.74) is -0.0752. The van der Waals surface area contributed by atoms with E-state index in [4.69, 9.17) is 0 Å². The van der Waals surface area contributed by atoms with Crippen molar-refractivity contribution in [2.24, 2.45) is 0 Å². The van der Waals surface area contributed by atoms with Gasteiger partial charge in [-0.3, -0.25) is 4.98 Å². The van der Waals surface area contributed by atoms with Crippen LogP contribution >= 0.6 is 0 Å². The molecule has 4 heteroatoms. The van der Waals surface area contributed by atoms with Crippen LogP contribution in [0, 0.1) is 11.6 Å². The van der Waals surface area contributed by atoms with Crippen LogP contribution in [0.3, 0.4) is 0 Å². The van der Waals surface area contributed by atoms with Crippen LogP contribution in [0.5, 0.6) is 0 Å². The van der Waals surface area contributed by atoms with Crippen molar-refractivity contribution in [3.05, 3.63) is 29.6 Å². The van der Waals surface area contributed by atoms with E-state index >= 15 is 0 Å². The predicted molar refractivity (Wildman–Crippen MR) is 55.4 cm³/mol. The molecule has 2 nitrogen and oxygen atoms in total. The first-order valence-corrected chi connectivity index (χ1v) is 4.99. The van der Waals surface area contributed by atoms with Gasteiger partial charge in [-0.2, -0.15) is 0 Å². The van der Waals surface area contributed by atoms with Gasteiger partial charge in [-0.1, -0.05) is 6.92 Å². The molecule has 0 aliphatic heterocycles. The van der Waals surface area contributed by atoms with Crippen molar-refractivity contribution in [2.45, 2.75) is 39.3 Å². The van der Waals surface area contributed by atoms with Crippen molar-refractivity contribution in [2.75, 3.05) is 0 Å². The lowest BCUT2D eigenvalue weighted by atomic mass is 10.0. The summed E-state index contributed by atoms with van der Waals surface area (Å²) in [6.45, 7) is 6.18. The highest BCUT2D eigenvalue weighted by Gasteiger charge is 2.16. The van der Waals surface area contributed by atoms with Gasteiger partial charge < -0.3 is 5.32 Å². The Hall–Kier alpha value is -1.03. The van der Waals surface area contributed by atoms with Crippen LogP contribution in [0.15, 0.2) is 12.4 Å². The van der Waals surface area contributed by atoms with Gasteiger partial charge >= 0.3 is 0 Å². The quantitative estimate of drug-likeness (QED) is 0.833. The topological polar surface area (TPSA) is 24.9 Å². The molecule has 0 aromatic carbocycles. The van der Waals surface area contributed by atoms with Crippen molar-refractivity contribution in [1.29, 1.82) is 0 Å². The van der Waals surface area contributed by atoms with Gasteiger partial charge in [-0.25, -0.2) is 8.78 Å². The summed E-state index contributed by atoms with van der Waals surface area (Å²) in [7, 11) is 0. The number of aromatic nitrogens is 1. The molecule has 0 radical (unpaired) electrons. The van der Waals surface area contributed by atoms with Gasteiger partial charge in [0.15, 0.2) is 0 Å². The molecule has 1 N–H and O–H groups in total. The first-order valence-electron chi connectivity index (χ1n) is 4.99. The lowest BCUT2D eigenvalue weighted by molar-refractivity contribution is 0.366. The molecule has 0 saturated heterocycles. The van der Waals surface area contributed by atoms with Gasteiger partial charge in [0.1, 0.15) is 11.6 Å². The molecule has 0 aliphatic carbocycles. The first-order chi connectivity index (χ1) is 6.96. The number of hydrogen-bond acceptors (Lipinski definition) is 2. The Morgan fingerprint density at radius 1 is 1.27 bits per heavy atom. The van der Waals surface area contributed by atoms with E-state index in [0.29, 0.717) is 0 Å². The molecule has 0 unspecified atom stereocenters. The Labute approximate surface area is 88.7 Å². The van der Waals surface area contributed by atoms with Crippen molar-refractivity contribution in [3.8, 4) is 0 Å². The molecule has 1 aromatic heterocycles. The first kappa shape index (κ1) is 12.0. The summed E-state index contributed by atoms with van der Waals surface area (Å²) in [5.74, 6) is -1.20. The van der Waals surface area contributed by atoms with Crippen LogP contribution in [0.4, 0.5) is 8.78 Å². The number of hydrogen-bond donors (Lipinski definition) is 1. The fourth-order valence-electron chi connectivity index (χ4n) is 1.06.